The first-order chi connectivity index (χ1) is 10.1. The van der Waals surface area contributed by atoms with Crippen LogP contribution in [-0.4, -0.2) is 10.8 Å². The molecule has 2 aromatic rings. The maximum atomic E-state index is 12.2. The molecule has 1 heterocycles. The summed E-state index contributed by atoms with van der Waals surface area (Å²) in [6.45, 7) is 0. The molecule has 2 rings (SSSR count). The van der Waals surface area contributed by atoms with E-state index >= 15 is 0 Å². The van der Waals surface area contributed by atoms with E-state index in [4.69, 9.17) is 23.2 Å². The Kier molecular flexibility index (Phi) is 5.32. The van der Waals surface area contributed by atoms with Gasteiger partial charge in [0, 0.05) is 12.6 Å². The van der Waals surface area contributed by atoms with E-state index in [1.165, 1.54) is 0 Å². The number of nitriles is 1. The van der Waals surface area contributed by atoms with Crippen molar-refractivity contribution in [3.63, 3.8) is 0 Å². The summed E-state index contributed by atoms with van der Waals surface area (Å²) in [4.78, 5) is 16.3. The number of hydrogen-bond donors (Lipinski definition) is 0. The first-order valence-electron chi connectivity index (χ1n) is 6.39. The Morgan fingerprint density at radius 2 is 2.05 bits per heavy atom. The summed E-state index contributed by atoms with van der Waals surface area (Å²) >= 11 is 12.0. The van der Waals surface area contributed by atoms with Crippen LogP contribution in [0, 0.1) is 11.3 Å². The standard InChI is InChI=1S/C16H12Cl2N2O/c17-13-5-3-4-11(16(13)18)7-8-15(21)12(10-19)14-6-1-2-9-20-14/h1-6,9,12H,7-8H2/t12-/m1/s1. The number of rotatable bonds is 5. The summed E-state index contributed by atoms with van der Waals surface area (Å²) in [5, 5.41) is 10.1. The number of hydrogen-bond acceptors (Lipinski definition) is 3. The van der Waals surface area contributed by atoms with E-state index in [0.717, 1.165) is 5.56 Å². The Labute approximate surface area is 133 Å². The molecule has 0 amide bonds. The summed E-state index contributed by atoms with van der Waals surface area (Å²) in [5.41, 5.74) is 1.28. The molecule has 0 bridgehead atoms. The molecule has 0 fully saturated rings. The summed E-state index contributed by atoms with van der Waals surface area (Å²) < 4.78 is 0. The second kappa shape index (κ2) is 7.21. The molecule has 1 aromatic heterocycles. The molecule has 3 nitrogen and oxygen atoms in total. The van der Waals surface area contributed by atoms with Crippen molar-refractivity contribution in [2.75, 3.05) is 0 Å². The molecular weight excluding hydrogens is 307 g/mol. The molecule has 0 radical (unpaired) electrons. The van der Waals surface area contributed by atoms with E-state index in [0.29, 0.717) is 22.2 Å². The van der Waals surface area contributed by atoms with Crippen LogP contribution in [0.3, 0.4) is 0 Å². The molecule has 0 aliphatic rings. The number of aryl methyl sites for hydroxylation is 1. The number of halogens is 2. The third-order valence-electron chi connectivity index (χ3n) is 3.11. The Morgan fingerprint density at radius 1 is 1.24 bits per heavy atom. The first-order valence-corrected chi connectivity index (χ1v) is 7.15. The van der Waals surface area contributed by atoms with E-state index < -0.39 is 5.92 Å². The third kappa shape index (κ3) is 3.81. The molecule has 1 aromatic carbocycles. The van der Waals surface area contributed by atoms with Crippen LogP contribution < -0.4 is 0 Å². The highest BCUT2D eigenvalue weighted by molar-refractivity contribution is 6.42. The lowest BCUT2D eigenvalue weighted by atomic mass is 9.96. The minimum Gasteiger partial charge on any atom is -0.298 e. The lowest BCUT2D eigenvalue weighted by molar-refractivity contribution is -0.119. The average Bonchev–Trinajstić information content (AvgIpc) is 2.50. The van der Waals surface area contributed by atoms with Gasteiger partial charge in [0.05, 0.1) is 21.8 Å². The van der Waals surface area contributed by atoms with Crippen molar-refractivity contribution in [2.24, 2.45) is 0 Å². The lowest BCUT2D eigenvalue weighted by Crippen LogP contribution is -2.13. The van der Waals surface area contributed by atoms with Gasteiger partial charge in [0.1, 0.15) is 5.92 Å². The summed E-state index contributed by atoms with van der Waals surface area (Å²) in [6.07, 6.45) is 2.24. The van der Waals surface area contributed by atoms with E-state index in [1.807, 2.05) is 12.1 Å². The predicted molar refractivity (Wildman–Crippen MR) is 82.4 cm³/mol. The first kappa shape index (κ1) is 15.5. The highest BCUT2D eigenvalue weighted by atomic mass is 35.5. The summed E-state index contributed by atoms with van der Waals surface area (Å²) in [5.74, 6) is -1.02. The van der Waals surface area contributed by atoms with Crippen molar-refractivity contribution in [2.45, 2.75) is 18.8 Å². The number of carbonyl (C=O) groups excluding carboxylic acids is 1. The van der Waals surface area contributed by atoms with Gasteiger partial charge in [-0.05, 0) is 30.2 Å². The number of aromatic nitrogens is 1. The van der Waals surface area contributed by atoms with Crippen molar-refractivity contribution < 1.29 is 4.79 Å². The molecule has 21 heavy (non-hydrogen) atoms. The number of carbonyl (C=O) groups is 1. The number of Topliss-reactive ketones (excluding diaryl/α,β-unsaturated/α-hetero) is 1. The molecule has 0 N–H and O–H groups in total. The normalized spacial score (nSPS) is 11.7. The van der Waals surface area contributed by atoms with E-state index in [9.17, 15) is 10.1 Å². The maximum absolute atomic E-state index is 12.2. The fraction of sp³-hybridized carbons (Fsp3) is 0.188. The van der Waals surface area contributed by atoms with Crippen molar-refractivity contribution in [3.8, 4) is 6.07 Å². The van der Waals surface area contributed by atoms with Crippen molar-refractivity contribution in [3.05, 3.63) is 63.9 Å². The van der Waals surface area contributed by atoms with Gasteiger partial charge in [0.15, 0.2) is 5.78 Å². The van der Waals surface area contributed by atoms with Crippen molar-refractivity contribution in [1.29, 1.82) is 5.26 Å². The van der Waals surface area contributed by atoms with Crippen molar-refractivity contribution in [1.82, 2.24) is 4.98 Å². The minimum absolute atomic E-state index is 0.174. The molecule has 0 aliphatic carbocycles. The molecule has 0 saturated heterocycles. The predicted octanol–water partition coefficient (Wildman–Crippen LogP) is 4.20. The van der Waals surface area contributed by atoms with Gasteiger partial charge < -0.3 is 0 Å². The summed E-state index contributed by atoms with van der Waals surface area (Å²) in [7, 11) is 0. The highest BCUT2D eigenvalue weighted by Crippen LogP contribution is 2.27. The van der Waals surface area contributed by atoms with Crippen molar-refractivity contribution >= 4 is 29.0 Å². The van der Waals surface area contributed by atoms with Crippen LogP contribution in [0.15, 0.2) is 42.6 Å². The zero-order valence-corrected chi connectivity index (χ0v) is 12.6. The van der Waals surface area contributed by atoms with Gasteiger partial charge in [0.2, 0.25) is 0 Å². The largest absolute Gasteiger partial charge is 0.298 e. The molecule has 5 heteroatoms. The Bertz CT molecular complexity index is 680. The Morgan fingerprint density at radius 3 is 2.71 bits per heavy atom. The molecule has 0 saturated carbocycles. The van der Waals surface area contributed by atoms with Gasteiger partial charge in [-0.25, -0.2) is 0 Å². The lowest BCUT2D eigenvalue weighted by Gasteiger charge is -2.09. The molecule has 0 spiro atoms. The van der Waals surface area contributed by atoms with Crippen LogP contribution in [0.1, 0.15) is 23.6 Å². The van der Waals surface area contributed by atoms with Crippen LogP contribution in [0.4, 0.5) is 0 Å². The molecule has 106 valence electrons. The number of pyridine rings is 1. The van der Waals surface area contributed by atoms with Gasteiger partial charge >= 0.3 is 0 Å². The zero-order chi connectivity index (χ0) is 15.2. The number of benzene rings is 1. The Balaban J connectivity index is 2.08. The van der Waals surface area contributed by atoms with Crippen LogP contribution in [-0.2, 0) is 11.2 Å². The zero-order valence-electron chi connectivity index (χ0n) is 11.1. The van der Waals surface area contributed by atoms with Gasteiger partial charge in [-0.2, -0.15) is 5.26 Å². The van der Waals surface area contributed by atoms with Crippen LogP contribution in [0.5, 0.6) is 0 Å². The summed E-state index contributed by atoms with van der Waals surface area (Å²) in [6, 6.07) is 12.5. The van der Waals surface area contributed by atoms with Gasteiger partial charge in [-0.3, -0.25) is 9.78 Å². The van der Waals surface area contributed by atoms with Gasteiger partial charge in [-0.1, -0.05) is 41.4 Å². The smallest absolute Gasteiger partial charge is 0.156 e. The van der Waals surface area contributed by atoms with Gasteiger partial charge in [0.25, 0.3) is 0 Å². The number of ketones is 1. The molecule has 0 aliphatic heterocycles. The van der Waals surface area contributed by atoms with Crippen LogP contribution in [0.25, 0.3) is 0 Å². The third-order valence-corrected chi connectivity index (χ3v) is 3.96. The van der Waals surface area contributed by atoms with E-state index in [1.54, 1.807) is 36.5 Å². The topological polar surface area (TPSA) is 53.8 Å². The van der Waals surface area contributed by atoms with Crippen LogP contribution >= 0.6 is 23.2 Å². The number of nitrogens with zero attached hydrogens (tertiary/aromatic N) is 2. The Hall–Kier alpha value is -1.89. The monoisotopic (exact) mass is 318 g/mol. The fourth-order valence-corrected chi connectivity index (χ4v) is 2.41. The van der Waals surface area contributed by atoms with Gasteiger partial charge in [-0.15, -0.1) is 0 Å². The van der Waals surface area contributed by atoms with E-state index in [-0.39, 0.29) is 12.2 Å². The maximum Gasteiger partial charge on any atom is 0.156 e. The second-order valence-electron chi connectivity index (χ2n) is 4.50. The SMILES string of the molecule is N#C[C@@H](C(=O)CCc1cccc(Cl)c1Cl)c1ccccn1. The molecule has 1 atom stereocenters. The second-order valence-corrected chi connectivity index (χ2v) is 5.28. The van der Waals surface area contributed by atoms with E-state index in [2.05, 4.69) is 4.98 Å². The fourth-order valence-electron chi connectivity index (χ4n) is 1.99. The molecular formula is C16H12Cl2N2O. The average molecular weight is 319 g/mol. The van der Waals surface area contributed by atoms with Crippen LogP contribution in [0.2, 0.25) is 10.0 Å². The minimum atomic E-state index is -0.843. The quantitative estimate of drug-likeness (QED) is 0.830. The highest BCUT2D eigenvalue weighted by Gasteiger charge is 2.21. The molecule has 0 unspecified atom stereocenters.